The molecule has 1 fully saturated rings. The summed E-state index contributed by atoms with van der Waals surface area (Å²) in [6, 6.07) is 0.139. The first-order valence-corrected chi connectivity index (χ1v) is 7.73. The molecule has 2 atom stereocenters. The Bertz CT molecular complexity index is 331. The molecule has 2 amide bonds. The average Bonchev–Trinajstić information content (AvgIpc) is 2.35. The number of likely N-dealkylation sites (tertiary alicyclic amines) is 1. The molecule has 1 aliphatic rings. The van der Waals surface area contributed by atoms with Crippen molar-refractivity contribution < 1.29 is 9.59 Å². The Morgan fingerprint density at radius 3 is 2.60 bits per heavy atom. The zero-order valence-corrected chi connectivity index (χ0v) is 13.0. The second kappa shape index (κ2) is 8.25. The van der Waals surface area contributed by atoms with Crippen LogP contribution in [0.4, 0.5) is 0 Å². The first-order valence-electron chi connectivity index (χ1n) is 7.73. The molecule has 5 heteroatoms. The number of nitrogens with one attached hydrogen (secondary N) is 1. The molecule has 0 radical (unpaired) electrons. The fourth-order valence-corrected chi connectivity index (χ4v) is 2.83. The number of primary amides is 1. The molecule has 1 saturated heterocycles. The third kappa shape index (κ3) is 5.90. The molecule has 20 heavy (non-hydrogen) atoms. The van der Waals surface area contributed by atoms with Gasteiger partial charge in [0.1, 0.15) is 0 Å². The standard InChI is InChI=1S/C15H29N3O2/c1-4-5-6-12-7-13(17-15(20)11(2)3)9-18(8-12)10-14(16)19/h11-13H,4-10H2,1-3H3,(H2,16,19)(H,17,20). The number of nitrogens with two attached hydrogens (primary N) is 1. The summed E-state index contributed by atoms with van der Waals surface area (Å²) in [4.78, 5) is 25.0. The van der Waals surface area contributed by atoms with Gasteiger partial charge in [0.2, 0.25) is 11.8 Å². The summed E-state index contributed by atoms with van der Waals surface area (Å²) >= 11 is 0. The highest BCUT2D eigenvalue weighted by atomic mass is 16.2. The van der Waals surface area contributed by atoms with E-state index >= 15 is 0 Å². The van der Waals surface area contributed by atoms with Gasteiger partial charge in [-0.3, -0.25) is 14.5 Å². The molecule has 5 nitrogen and oxygen atoms in total. The summed E-state index contributed by atoms with van der Waals surface area (Å²) in [6.07, 6.45) is 4.53. The first kappa shape index (κ1) is 17.0. The largest absolute Gasteiger partial charge is 0.369 e. The molecular formula is C15H29N3O2. The highest BCUT2D eigenvalue weighted by Gasteiger charge is 2.28. The molecule has 0 saturated carbocycles. The van der Waals surface area contributed by atoms with Crippen LogP contribution in [0.5, 0.6) is 0 Å². The number of rotatable bonds is 7. The molecule has 1 heterocycles. The smallest absolute Gasteiger partial charge is 0.231 e. The number of amides is 2. The van der Waals surface area contributed by atoms with Crippen molar-refractivity contribution in [3.63, 3.8) is 0 Å². The van der Waals surface area contributed by atoms with Gasteiger partial charge < -0.3 is 11.1 Å². The van der Waals surface area contributed by atoms with Crippen LogP contribution in [0.2, 0.25) is 0 Å². The number of unbranched alkanes of at least 4 members (excludes halogenated alkanes) is 1. The average molecular weight is 283 g/mol. The van der Waals surface area contributed by atoms with E-state index in [1.807, 2.05) is 13.8 Å². The monoisotopic (exact) mass is 283 g/mol. The van der Waals surface area contributed by atoms with Crippen molar-refractivity contribution in [2.45, 2.75) is 52.5 Å². The Hall–Kier alpha value is -1.10. The maximum Gasteiger partial charge on any atom is 0.231 e. The summed E-state index contributed by atoms with van der Waals surface area (Å²) in [7, 11) is 0. The predicted molar refractivity (Wildman–Crippen MR) is 80.0 cm³/mol. The minimum Gasteiger partial charge on any atom is -0.369 e. The Morgan fingerprint density at radius 1 is 1.35 bits per heavy atom. The van der Waals surface area contributed by atoms with E-state index in [2.05, 4.69) is 17.1 Å². The van der Waals surface area contributed by atoms with Crippen LogP contribution in [0.3, 0.4) is 0 Å². The van der Waals surface area contributed by atoms with Crippen LogP contribution in [0.25, 0.3) is 0 Å². The van der Waals surface area contributed by atoms with E-state index in [0.29, 0.717) is 5.92 Å². The van der Waals surface area contributed by atoms with Gasteiger partial charge >= 0.3 is 0 Å². The number of hydrogen-bond donors (Lipinski definition) is 2. The molecule has 116 valence electrons. The Balaban J connectivity index is 2.58. The molecule has 1 aliphatic heterocycles. The van der Waals surface area contributed by atoms with Crippen molar-refractivity contribution >= 4 is 11.8 Å². The van der Waals surface area contributed by atoms with Crippen molar-refractivity contribution in [3.8, 4) is 0 Å². The molecule has 0 bridgehead atoms. The van der Waals surface area contributed by atoms with Crippen molar-refractivity contribution in [3.05, 3.63) is 0 Å². The second-order valence-corrected chi connectivity index (χ2v) is 6.26. The maximum atomic E-state index is 11.8. The molecule has 0 aromatic rings. The number of carbonyl (C=O) groups is 2. The minimum absolute atomic E-state index is 0.00407. The van der Waals surface area contributed by atoms with Crippen LogP contribution >= 0.6 is 0 Å². The molecule has 0 aromatic heterocycles. The van der Waals surface area contributed by atoms with Crippen LogP contribution < -0.4 is 11.1 Å². The van der Waals surface area contributed by atoms with Crippen LogP contribution in [0.1, 0.15) is 46.5 Å². The normalized spacial score (nSPS) is 23.8. The van der Waals surface area contributed by atoms with E-state index in [1.54, 1.807) is 0 Å². The predicted octanol–water partition coefficient (Wildman–Crippen LogP) is 1.12. The summed E-state index contributed by atoms with van der Waals surface area (Å²) in [5.74, 6) is 0.330. The Labute approximate surface area is 122 Å². The van der Waals surface area contributed by atoms with Gasteiger partial charge in [0.15, 0.2) is 0 Å². The van der Waals surface area contributed by atoms with Crippen molar-refractivity contribution in [2.24, 2.45) is 17.6 Å². The number of piperidine rings is 1. The van der Waals surface area contributed by atoms with E-state index in [4.69, 9.17) is 5.73 Å². The fourth-order valence-electron chi connectivity index (χ4n) is 2.83. The quantitative estimate of drug-likeness (QED) is 0.735. The lowest BCUT2D eigenvalue weighted by Gasteiger charge is -2.38. The molecule has 0 aromatic carbocycles. The van der Waals surface area contributed by atoms with E-state index in [1.165, 1.54) is 12.8 Å². The third-order valence-electron chi connectivity index (χ3n) is 3.83. The van der Waals surface area contributed by atoms with Gasteiger partial charge in [-0.1, -0.05) is 33.6 Å². The molecular weight excluding hydrogens is 254 g/mol. The van der Waals surface area contributed by atoms with E-state index < -0.39 is 0 Å². The maximum absolute atomic E-state index is 11.8. The van der Waals surface area contributed by atoms with E-state index in [0.717, 1.165) is 25.9 Å². The lowest BCUT2D eigenvalue weighted by atomic mass is 9.89. The molecule has 2 unspecified atom stereocenters. The van der Waals surface area contributed by atoms with E-state index in [9.17, 15) is 9.59 Å². The van der Waals surface area contributed by atoms with E-state index in [-0.39, 0.29) is 30.3 Å². The summed E-state index contributed by atoms with van der Waals surface area (Å²) < 4.78 is 0. The van der Waals surface area contributed by atoms with Crippen molar-refractivity contribution in [1.82, 2.24) is 10.2 Å². The summed E-state index contributed by atoms with van der Waals surface area (Å²) in [6.45, 7) is 7.90. The van der Waals surface area contributed by atoms with Gasteiger partial charge in [0, 0.05) is 25.0 Å². The SMILES string of the molecule is CCCCC1CC(NC(=O)C(C)C)CN(CC(N)=O)C1. The topological polar surface area (TPSA) is 75.4 Å². The second-order valence-electron chi connectivity index (χ2n) is 6.26. The highest BCUT2D eigenvalue weighted by molar-refractivity contribution is 5.78. The zero-order valence-electron chi connectivity index (χ0n) is 13.0. The summed E-state index contributed by atoms with van der Waals surface area (Å²) in [5, 5.41) is 3.10. The lowest BCUT2D eigenvalue weighted by molar-refractivity contribution is -0.125. The van der Waals surface area contributed by atoms with Crippen LogP contribution in [0.15, 0.2) is 0 Å². The highest BCUT2D eigenvalue weighted by Crippen LogP contribution is 2.22. The molecule has 0 aliphatic carbocycles. The number of hydrogen-bond acceptors (Lipinski definition) is 3. The minimum atomic E-state index is -0.296. The van der Waals surface area contributed by atoms with Gasteiger partial charge in [-0.05, 0) is 18.8 Å². The number of carbonyl (C=O) groups excluding carboxylic acids is 2. The Kier molecular flexibility index (Phi) is 6.99. The summed E-state index contributed by atoms with van der Waals surface area (Å²) in [5.41, 5.74) is 5.30. The van der Waals surface area contributed by atoms with Crippen LogP contribution in [-0.4, -0.2) is 42.4 Å². The van der Waals surface area contributed by atoms with Crippen LogP contribution in [-0.2, 0) is 9.59 Å². The van der Waals surface area contributed by atoms with Gasteiger partial charge in [-0.25, -0.2) is 0 Å². The van der Waals surface area contributed by atoms with Crippen molar-refractivity contribution in [2.75, 3.05) is 19.6 Å². The van der Waals surface area contributed by atoms with Gasteiger partial charge in [0.05, 0.1) is 6.54 Å². The lowest BCUT2D eigenvalue weighted by Crippen LogP contribution is -2.53. The molecule has 0 spiro atoms. The first-order chi connectivity index (χ1) is 9.42. The van der Waals surface area contributed by atoms with Gasteiger partial charge in [0.25, 0.3) is 0 Å². The zero-order chi connectivity index (χ0) is 15.1. The number of nitrogens with zero attached hydrogens (tertiary/aromatic N) is 1. The Morgan fingerprint density at radius 2 is 2.05 bits per heavy atom. The van der Waals surface area contributed by atoms with Gasteiger partial charge in [-0.15, -0.1) is 0 Å². The molecule has 3 N–H and O–H groups in total. The fraction of sp³-hybridized carbons (Fsp3) is 0.867. The molecule has 1 rings (SSSR count). The van der Waals surface area contributed by atoms with Crippen LogP contribution in [0, 0.1) is 11.8 Å². The van der Waals surface area contributed by atoms with Gasteiger partial charge in [-0.2, -0.15) is 0 Å². The third-order valence-corrected chi connectivity index (χ3v) is 3.83. The van der Waals surface area contributed by atoms with Crippen molar-refractivity contribution in [1.29, 1.82) is 0 Å².